The molecule has 2 aliphatic rings. The van der Waals surface area contributed by atoms with E-state index >= 15 is 0 Å². The monoisotopic (exact) mass is 1130 g/mol. The summed E-state index contributed by atoms with van der Waals surface area (Å²) >= 11 is 12.1. The molecule has 0 fully saturated rings. The zero-order chi connectivity index (χ0) is 58.6. The van der Waals surface area contributed by atoms with Crippen LogP contribution in [0.2, 0.25) is 10.0 Å². The lowest BCUT2D eigenvalue weighted by molar-refractivity contribution is -0.133. The normalized spacial score (nSPS) is 14.5. The number of hydrogen-bond acceptors (Lipinski definition) is 18. The summed E-state index contributed by atoms with van der Waals surface area (Å²) in [7, 11) is 5.38. The molecule has 2 aliphatic carbocycles. The van der Waals surface area contributed by atoms with E-state index in [1.165, 1.54) is 39.6 Å². The second-order valence-electron chi connectivity index (χ2n) is 17.6. The van der Waals surface area contributed by atoms with E-state index in [0.717, 1.165) is 33.4 Å². The molecule has 0 amide bonds. The van der Waals surface area contributed by atoms with Crippen molar-refractivity contribution in [3.8, 4) is 35.7 Å². The molecular weight excluding hydrogens is 1070 g/mol. The van der Waals surface area contributed by atoms with Crippen LogP contribution in [0.4, 0.5) is 0 Å². The minimum Gasteiger partial charge on any atom is -0.481 e. The SMILES string of the molecule is C#CCOc1ccc(C(=N\OCC)/C(C)=N/OCC2=C(/C(=N\OC)C(=O)OC)CC(C)=C(C)C2)cc1.CCO/N=C(/C(C)=N/OCC1=C(/C(=N\OC)C(=O)OC)CC(C)=C(C)C1)c1ccc(OCC#Cc2ccc(Cl)cc2Cl)cc1. The molecule has 5 rings (SSSR count). The van der Waals surface area contributed by atoms with Gasteiger partial charge in [0.1, 0.15) is 88.2 Å². The number of oxime groups is 6. The van der Waals surface area contributed by atoms with Gasteiger partial charge in [-0.1, -0.05) is 94.2 Å². The summed E-state index contributed by atoms with van der Waals surface area (Å²) in [5.74, 6) is 8.48. The summed E-state index contributed by atoms with van der Waals surface area (Å²) in [5, 5.41) is 26.0. The molecule has 0 heterocycles. The number of rotatable bonds is 24. The van der Waals surface area contributed by atoms with Gasteiger partial charge in [-0.3, -0.25) is 0 Å². The van der Waals surface area contributed by atoms with Gasteiger partial charge < -0.3 is 48.0 Å². The molecule has 0 saturated carbocycles. The number of ether oxygens (including phenoxy) is 4. The van der Waals surface area contributed by atoms with Gasteiger partial charge in [-0.2, -0.15) is 0 Å². The standard InChI is InChI=1S/C33H35Cl2N3O6.C27H33N3O6/c1-7-43-38-31(25-11-14-28(15-12-25)42-16-8-9-24-10-13-27(34)19-30(24)35)23(4)36-44-20-26-17-21(2)22(3)18-29(26)32(37-41-6)33(39)40-5;1-8-14-34-23-12-10-21(11-13-23)25(30-35-9-2)20(5)28-36-17-22-15-18(3)19(4)16-24(22)26(29-33-7)27(31)32-6/h10-15,19H,7,16-18,20H2,1-6H3;1,10-13H,9,14-17H2,2-7H3/b36-23+,37-32+,38-31-;28-20+,29-26+,30-25-. The van der Waals surface area contributed by atoms with Crippen molar-refractivity contribution in [2.45, 2.75) is 81.1 Å². The maximum absolute atomic E-state index is 12.4. The summed E-state index contributed by atoms with van der Waals surface area (Å²) in [5.41, 5.74) is 12.3. The van der Waals surface area contributed by atoms with E-state index in [1.54, 1.807) is 44.2 Å². The largest absolute Gasteiger partial charge is 0.481 e. The molecule has 424 valence electrons. The van der Waals surface area contributed by atoms with E-state index in [9.17, 15) is 9.59 Å². The Morgan fingerprint density at radius 2 is 0.975 bits per heavy atom. The minimum absolute atomic E-state index is 0.113. The van der Waals surface area contributed by atoms with Crippen molar-refractivity contribution in [1.29, 1.82) is 0 Å². The molecule has 3 aromatic rings. The van der Waals surface area contributed by atoms with Crippen LogP contribution >= 0.6 is 23.2 Å². The summed E-state index contributed by atoms with van der Waals surface area (Å²) in [6, 6.07) is 19.7. The highest BCUT2D eigenvalue weighted by Gasteiger charge is 2.28. The molecule has 0 bridgehead atoms. The highest BCUT2D eigenvalue weighted by Crippen LogP contribution is 2.33. The lowest BCUT2D eigenvalue weighted by Gasteiger charge is -2.22. The Hall–Kier alpha value is -8.32. The predicted octanol–water partition coefficient (Wildman–Crippen LogP) is 11.6. The van der Waals surface area contributed by atoms with E-state index in [0.29, 0.717) is 100.0 Å². The van der Waals surface area contributed by atoms with Gasteiger partial charge in [-0.25, -0.2) is 9.59 Å². The van der Waals surface area contributed by atoms with Crippen molar-refractivity contribution in [3.05, 3.63) is 138 Å². The second-order valence-corrected chi connectivity index (χ2v) is 18.4. The fraction of sp³-hybridized carbons (Fsp3) is 0.367. The fourth-order valence-electron chi connectivity index (χ4n) is 7.62. The van der Waals surface area contributed by atoms with Gasteiger partial charge >= 0.3 is 11.9 Å². The van der Waals surface area contributed by atoms with Crippen LogP contribution in [0.3, 0.4) is 0 Å². The van der Waals surface area contributed by atoms with E-state index in [2.05, 4.69) is 55.6 Å². The second kappa shape index (κ2) is 33.9. The number of terminal acetylenes is 1. The summed E-state index contributed by atoms with van der Waals surface area (Å²) in [4.78, 5) is 56.8. The maximum Gasteiger partial charge on any atom is 0.360 e. The van der Waals surface area contributed by atoms with Gasteiger partial charge in [0.15, 0.2) is 11.4 Å². The Kier molecular flexibility index (Phi) is 27.2. The molecule has 18 nitrogen and oxygen atoms in total. The molecule has 0 radical (unpaired) electrons. The summed E-state index contributed by atoms with van der Waals surface area (Å²) in [6.45, 7) is 16.8. The molecule has 0 aromatic heterocycles. The number of carbonyl (C=O) groups excluding carboxylic acids is 2. The van der Waals surface area contributed by atoms with Crippen LogP contribution in [0.5, 0.6) is 11.5 Å². The van der Waals surface area contributed by atoms with Gasteiger partial charge in [0.2, 0.25) is 0 Å². The van der Waals surface area contributed by atoms with Crippen LogP contribution in [0.1, 0.15) is 97.8 Å². The lowest BCUT2D eigenvalue weighted by atomic mass is 9.85. The third-order valence-corrected chi connectivity index (χ3v) is 12.6. The Morgan fingerprint density at radius 1 is 0.550 bits per heavy atom. The minimum atomic E-state index is -0.581. The van der Waals surface area contributed by atoms with E-state index in [1.807, 2.05) is 71.0 Å². The number of hydrogen-bond donors (Lipinski definition) is 0. The molecular formula is C60H68Cl2N6O12. The summed E-state index contributed by atoms with van der Waals surface area (Å²) < 4.78 is 21.0. The number of carbonyl (C=O) groups is 2. The first-order valence-electron chi connectivity index (χ1n) is 25.2. The smallest absolute Gasteiger partial charge is 0.360 e. The number of benzene rings is 3. The van der Waals surface area contributed by atoms with Crippen molar-refractivity contribution in [2.24, 2.45) is 30.9 Å². The number of halogens is 2. The van der Waals surface area contributed by atoms with Crippen LogP contribution in [0, 0.1) is 24.2 Å². The van der Waals surface area contributed by atoms with Crippen molar-refractivity contribution in [3.63, 3.8) is 0 Å². The third-order valence-electron chi connectivity index (χ3n) is 12.0. The molecule has 80 heavy (non-hydrogen) atoms. The molecule has 0 spiro atoms. The van der Waals surface area contributed by atoms with Gasteiger partial charge in [-0.15, -0.1) is 6.42 Å². The quantitative estimate of drug-likeness (QED) is 0.0270. The first-order chi connectivity index (χ1) is 38.5. The Morgan fingerprint density at radius 3 is 1.36 bits per heavy atom. The Bertz CT molecular complexity index is 3100. The van der Waals surface area contributed by atoms with Crippen molar-refractivity contribution >= 4 is 69.4 Å². The topological polar surface area (TPSA) is 201 Å². The molecule has 20 heteroatoms. The third kappa shape index (κ3) is 19.5. The molecule has 0 aliphatic heterocycles. The lowest BCUT2D eigenvalue weighted by Crippen LogP contribution is -2.23. The van der Waals surface area contributed by atoms with Crippen LogP contribution < -0.4 is 9.47 Å². The van der Waals surface area contributed by atoms with Crippen LogP contribution in [0.15, 0.2) is 142 Å². The average molecular weight is 1140 g/mol. The van der Waals surface area contributed by atoms with Crippen LogP contribution in [0.25, 0.3) is 0 Å². The van der Waals surface area contributed by atoms with E-state index in [4.69, 9.17) is 77.6 Å². The highest BCUT2D eigenvalue weighted by atomic mass is 35.5. The van der Waals surface area contributed by atoms with E-state index in [-0.39, 0.29) is 37.9 Å². The van der Waals surface area contributed by atoms with Gasteiger partial charge in [-0.05, 0) is 170 Å². The zero-order valence-corrected chi connectivity index (χ0v) is 48.8. The molecule has 0 atom stereocenters. The number of methoxy groups -OCH3 is 2. The van der Waals surface area contributed by atoms with Crippen LogP contribution in [-0.2, 0) is 48.1 Å². The van der Waals surface area contributed by atoms with Crippen molar-refractivity contribution in [2.75, 3.05) is 68.1 Å². The predicted molar refractivity (Wildman–Crippen MR) is 313 cm³/mol. The number of allylic oxidation sites excluding steroid dienone is 4. The van der Waals surface area contributed by atoms with Crippen LogP contribution in [-0.4, -0.2) is 114 Å². The van der Waals surface area contributed by atoms with Gasteiger partial charge in [0, 0.05) is 21.7 Å². The maximum atomic E-state index is 12.4. The molecule has 0 saturated heterocycles. The Balaban J connectivity index is 0.000000352. The summed E-state index contributed by atoms with van der Waals surface area (Å²) in [6.07, 6.45) is 7.53. The van der Waals surface area contributed by atoms with Crippen molar-refractivity contribution < 1.29 is 57.6 Å². The van der Waals surface area contributed by atoms with E-state index < -0.39 is 11.9 Å². The average Bonchev–Trinajstić information content (AvgIpc) is 3.46. The first-order valence-corrected chi connectivity index (χ1v) is 26.0. The zero-order valence-electron chi connectivity index (χ0n) is 47.3. The number of nitrogens with zero attached hydrogens (tertiary/aromatic N) is 6. The fourth-order valence-corrected chi connectivity index (χ4v) is 8.08. The van der Waals surface area contributed by atoms with Gasteiger partial charge in [0.25, 0.3) is 0 Å². The van der Waals surface area contributed by atoms with Crippen molar-refractivity contribution in [1.82, 2.24) is 0 Å². The van der Waals surface area contributed by atoms with Gasteiger partial charge in [0.05, 0.1) is 19.2 Å². The Labute approximate surface area is 478 Å². The molecule has 0 unspecified atom stereocenters. The first kappa shape index (κ1) is 64.2. The molecule has 3 aromatic carbocycles. The molecule has 0 N–H and O–H groups in total. The number of esters is 2. The highest BCUT2D eigenvalue weighted by molar-refractivity contribution is 6.48.